The number of amides is 1. The number of anilines is 1. The molecule has 146 valence electrons. The van der Waals surface area contributed by atoms with Gasteiger partial charge in [0.25, 0.3) is 0 Å². The van der Waals surface area contributed by atoms with Crippen molar-refractivity contribution in [3.8, 4) is 5.75 Å². The smallest absolute Gasteiger partial charge is 0.412 e. The van der Waals surface area contributed by atoms with Crippen LogP contribution in [0, 0.1) is 6.92 Å². The second-order valence-corrected chi connectivity index (χ2v) is 7.70. The topological polar surface area (TPSA) is 88.0 Å². The summed E-state index contributed by atoms with van der Waals surface area (Å²) in [5.41, 5.74) is 2.01. The van der Waals surface area contributed by atoms with Crippen LogP contribution >= 0.6 is 31.9 Å². The molecule has 0 spiro atoms. The molecule has 0 radical (unpaired) electrons. The SMILES string of the molecule is CO[C@@H](CCO)[C@@H](OC(=O)Nc1ccc(C)cc1)c1cc(Br)cc(Br)c1O. The second-order valence-electron chi connectivity index (χ2n) is 5.93. The van der Waals surface area contributed by atoms with E-state index in [4.69, 9.17) is 9.47 Å². The van der Waals surface area contributed by atoms with Crippen molar-refractivity contribution in [3.63, 3.8) is 0 Å². The van der Waals surface area contributed by atoms with E-state index in [2.05, 4.69) is 37.2 Å². The molecule has 0 saturated carbocycles. The van der Waals surface area contributed by atoms with E-state index in [-0.39, 0.29) is 18.8 Å². The van der Waals surface area contributed by atoms with Gasteiger partial charge in [0.1, 0.15) is 11.9 Å². The van der Waals surface area contributed by atoms with Gasteiger partial charge in [0.2, 0.25) is 0 Å². The normalized spacial score (nSPS) is 13.1. The summed E-state index contributed by atoms with van der Waals surface area (Å²) < 4.78 is 12.1. The molecule has 2 rings (SSSR count). The summed E-state index contributed by atoms with van der Waals surface area (Å²) in [7, 11) is 1.46. The van der Waals surface area contributed by atoms with Gasteiger partial charge in [-0.05, 0) is 47.1 Å². The number of ether oxygens (including phenoxy) is 2. The van der Waals surface area contributed by atoms with Gasteiger partial charge in [-0.2, -0.15) is 0 Å². The number of nitrogens with one attached hydrogen (secondary N) is 1. The number of hydrogen-bond donors (Lipinski definition) is 3. The molecule has 0 saturated heterocycles. The molecule has 0 bridgehead atoms. The predicted octanol–water partition coefficient (Wildman–Crippen LogP) is 4.91. The number of methoxy groups -OCH3 is 1. The highest BCUT2D eigenvalue weighted by Gasteiger charge is 2.30. The van der Waals surface area contributed by atoms with Gasteiger partial charge in [-0.15, -0.1) is 0 Å². The van der Waals surface area contributed by atoms with Crippen LogP contribution in [0.1, 0.15) is 23.7 Å². The minimum absolute atomic E-state index is 0.0636. The van der Waals surface area contributed by atoms with Crippen molar-refractivity contribution in [3.05, 3.63) is 56.5 Å². The van der Waals surface area contributed by atoms with Crippen LogP contribution in [0.25, 0.3) is 0 Å². The van der Waals surface area contributed by atoms with Crippen molar-refractivity contribution in [2.45, 2.75) is 25.6 Å². The first-order valence-electron chi connectivity index (χ1n) is 8.21. The molecule has 1 amide bonds. The number of aromatic hydroxyl groups is 1. The number of benzene rings is 2. The lowest BCUT2D eigenvalue weighted by atomic mass is 10.0. The fourth-order valence-electron chi connectivity index (χ4n) is 2.56. The molecule has 0 heterocycles. The molecule has 0 unspecified atom stereocenters. The lowest BCUT2D eigenvalue weighted by Gasteiger charge is -2.27. The summed E-state index contributed by atoms with van der Waals surface area (Å²) in [5.74, 6) is -0.0636. The Kier molecular flexibility index (Phi) is 8.09. The molecular formula is C19H21Br2NO5. The maximum absolute atomic E-state index is 12.4. The molecule has 6 nitrogen and oxygen atoms in total. The van der Waals surface area contributed by atoms with E-state index in [1.165, 1.54) is 7.11 Å². The number of aryl methyl sites for hydroxylation is 1. The number of phenols is 1. The van der Waals surface area contributed by atoms with Gasteiger partial charge in [0.15, 0.2) is 6.10 Å². The Labute approximate surface area is 174 Å². The van der Waals surface area contributed by atoms with E-state index in [0.29, 0.717) is 20.2 Å². The summed E-state index contributed by atoms with van der Waals surface area (Å²) in [6.45, 7) is 1.79. The van der Waals surface area contributed by atoms with Gasteiger partial charge in [0, 0.05) is 35.9 Å². The van der Waals surface area contributed by atoms with Gasteiger partial charge < -0.3 is 19.7 Å². The van der Waals surface area contributed by atoms with E-state index < -0.39 is 18.3 Å². The van der Waals surface area contributed by atoms with Gasteiger partial charge >= 0.3 is 6.09 Å². The van der Waals surface area contributed by atoms with Crippen LogP contribution in [0.5, 0.6) is 5.75 Å². The third kappa shape index (κ3) is 5.93. The summed E-state index contributed by atoms with van der Waals surface area (Å²) in [6, 6.07) is 10.6. The average molecular weight is 503 g/mol. The van der Waals surface area contributed by atoms with Gasteiger partial charge in [-0.3, -0.25) is 5.32 Å². The maximum atomic E-state index is 12.4. The summed E-state index contributed by atoms with van der Waals surface area (Å²) in [6.07, 6.45) is -2.05. The van der Waals surface area contributed by atoms with Crippen molar-refractivity contribution in [2.24, 2.45) is 0 Å². The Morgan fingerprint density at radius 2 is 1.89 bits per heavy atom. The highest BCUT2D eigenvalue weighted by molar-refractivity contribution is 9.11. The van der Waals surface area contributed by atoms with E-state index in [1.807, 2.05) is 19.1 Å². The summed E-state index contributed by atoms with van der Waals surface area (Å²) in [5, 5.41) is 22.4. The minimum Gasteiger partial charge on any atom is -0.506 e. The first-order chi connectivity index (χ1) is 12.8. The Bertz CT molecular complexity index is 782. The zero-order valence-corrected chi connectivity index (χ0v) is 18.1. The number of carbonyl (C=O) groups is 1. The largest absolute Gasteiger partial charge is 0.506 e. The standard InChI is InChI=1S/C19H21Br2NO5/c1-11-3-5-13(6-4-11)22-19(25)27-18(16(26-2)7-8-23)14-9-12(20)10-15(21)17(14)24/h3-6,9-10,16,18,23-24H,7-8H2,1-2H3,(H,22,25)/t16-,18-/m0/s1. The first kappa shape index (κ1) is 21.7. The lowest BCUT2D eigenvalue weighted by Crippen LogP contribution is -2.29. The van der Waals surface area contributed by atoms with Gasteiger partial charge in [0.05, 0.1) is 4.47 Å². The molecule has 8 heteroatoms. The van der Waals surface area contributed by atoms with E-state index in [0.717, 1.165) is 5.56 Å². The molecule has 2 atom stereocenters. The zero-order chi connectivity index (χ0) is 20.0. The monoisotopic (exact) mass is 501 g/mol. The van der Waals surface area contributed by atoms with Crippen molar-refractivity contribution >= 4 is 43.6 Å². The van der Waals surface area contributed by atoms with E-state index in [1.54, 1.807) is 24.3 Å². The van der Waals surface area contributed by atoms with Gasteiger partial charge in [-0.25, -0.2) is 4.79 Å². The molecule has 0 aliphatic carbocycles. The predicted molar refractivity (Wildman–Crippen MR) is 110 cm³/mol. The zero-order valence-electron chi connectivity index (χ0n) is 14.9. The third-order valence-electron chi connectivity index (χ3n) is 3.95. The number of carbonyl (C=O) groups excluding carboxylic acids is 1. The maximum Gasteiger partial charge on any atom is 0.412 e. The molecule has 27 heavy (non-hydrogen) atoms. The van der Waals surface area contributed by atoms with Crippen LogP contribution in [0.4, 0.5) is 10.5 Å². The fraction of sp³-hybridized carbons (Fsp3) is 0.316. The highest BCUT2D eigenvalue weighted by Crippen LogP contribution is 2.39. The number of halogens is 2. The highest BCUT2D eigenvalue weighted by atomic mass is 79.9. The van der Waals surface area contributed by atoms with Crippen LogP contribution in [-0.4, -0.2) is 36.1 Å². The molecule has 2 aromatic rings. The number of aliphatic hydroxyl groups is 1. The van der Waals surface area contributed by atoms with Crippen LogP contribution in [-0.2, 0) is 9.47 Å². The Balaban J connectivity index is 2.30. The average Bonchev–Trinajstić information content (AvgIpc) is 2.63. The Hall–Kier alpha value is -1.61. The molecule has 0 aliphatic rings. The number of phenolic OH excluding ortho intramolecular Hbond substituents is 1. The van der Waals surface area contributed by atoms with Crippen LogP contribution in [0.2, 0.25) is 0 Å². The Morgan fingerprint density at radius 3 is 2.48 bits per heavy atom. The fourth-order valence-corrected chi connectivity index (χ4v) is 3.82. The molecule has 3 N–H and O–H groups in total. The van der Waals surface area contributed by atoms with Crippen LogP contribution < -0.4 is 5.32 Å². The van der Waals surface area contributed by atoms with Crippen molar-refractivity contribution in [2.75, 3.05) is 19.0 Å². The molecule has 0 fully saturated rings. The summed E-state index contributed by atoms with van der Waals surface area (Å²) in [4.78, 5) is 12.4. The quantitative estimate of drug-likeness (QED) is 0.500. The molecule has 0 aromatic heterocycles. The third-order valence-corrected chi connectivity index (χ3v) is 5.01. The van der Waals surface area contributed by atoms with Crippen molar-refractivity contribution in [1.82, 2.24) is 0 Å². The van der Waals surface area contributed by atoms with Crippen molar-refractivity contribution < 1.29 is 24.5 Å². The number of aliphatic hydroxyl groups excluding tert-OH is 1. The van der Waals surface area contributed by atoms with E-state index >= 15 is 0 Å². The van der Waals surface area contributed by atoms with Crippen LogP contribution in [0.3, 0.4) is 0 Å². The summed E-state index contributed by atoms with van der Waals surface area (Å²) >= 11 is 6.64. The minimum atomic E-state index is -0.929. The number of rotatable bonds is 7. The molecule has 2 aromatic carbocycles. The molecular weight excluding hydrogens is 482 g/mol. The number of hydrogen-bond acceptors (Lipinski definition) is 5. The van der Waals surface area contributed by atoms with E-state index in [9.17, 15) is 15.0 Å². The molecule has 0 aliphatic heterocycles. The first-order valence-corrected chi connectivity index (χ1v) is 9.80. The van der Waals surface area contributed by atoms with Crippen LogP contribution in [0.15, 0.2) is 45.3 Å². The lowest BCUT2D eigenvalue weighted by molar-refractivity contribution is -0.0314. The van der Waals surface area contributed by atoms with Crippen molar-refractivity contribution in [1.29, 1.82) is 0 Å². The second kappa shape index (κ2) is 10.1. The van der Waals surface area contributed by atoms with Gasteiger partial charge in [-0.1, -0.05) is 33.6 Å². The Morgan fingerprint density at radius 1 is 1.22 bits per heavy atom.